The fraction of sp³-hybridized carbons (Fsp3) is 0. The molecule has 0 unspecified atom stereocenters. The first-order valence-corrected chi connectivity index (χ1v) is 16.6. The van der Waals surface area contributed by atoms with Crippen molar-refractivity contribution < 1.29 is 4.42 Å². The molecule has 228 valence electrons. The number of fused-ring (bicyclic) bond motifs is 9. The third-order valence-corrected chi connectivity index (χ3v) is 10.2. The summed E-state index contributed by atoms with van der Waals surface area (Å²) in [4.78, 5) is 14.2. The highest BCUT2D eigenvalue weighted by Gasteiger charge is 2.25. The largest absolute Gasteiger partial charge is 0.453 e. The van der Waals surface area contributed by atoms with Crippen molar-refractivity contribution in [1.82, 2.24) is 8.97 Å². The molecule has 0 atom stereocenters. The van der Waals surface area contributed by atoms with E-state index in [0.29, 0.717) is 5.39 Å². The van der Waals surface area contributed by atoms with Crippen molar-refractivity contribution in [2.24, 2.45) is 0 Å². The van der Waals surface area contributed by atoms with Crippen LogP contribution in [0, 0.1) is 0 Å². The summed E-state index contributed by atoms with van der Waals surface area (Å²) in [5.41, 5.74) is 9.05. The van der Waals surface area contributed by atoms with E-state index in [1.165, 1.54) is 32.7 Å². The Labute approximate surface area is 279 Å². The highest BCUT2D eigenvalue weighted by Crippen LogP contribution is 2.44. The maximum Gasteiger partial charge on any atom is 0.263 e. The van der Waals surface area contributed by atoms with Crippen LogP contribution in [0.2, 0.25) is 0 Å². The fourth-order valence-corrected chi connectivity index (χ4v) is 8.03. The second-order valence-corrected chi connectivity index (χ2v) is 12.9. The van der Waals surface area contributed by atoms with E-state index in [1.807, 2.05) is 46.9 Å². The number of aromatic nitrogens is 2. The number of hydrogen-bond acceptors (Lipinski definition) is 2. The van der Waals surface area contributed by atoms with Crippen LogP contribution in [0.1, 0.15) is 0 Å². The number of nitrogens with zero attached hydrogens (tertiary/aromatic N) is 2. The summed E-state index contributed by atoms with van der Waals surface area (Å²) >= 11 is 0. The van der Waals surface area contributed by atoms with Gasteiger partial charge in [-0.3, -0.25) is 9.20 Å². The second-order valence-electron chi connectivity index (χ2n) is 12.9. The topological polar surface area (TPSA) is 39.5 Å². The molecule has 0 aliphatic carbocycles. The number of pyridine rings is 1. The van der Waals surface area contributed by atoms with Crippen LogP contribution in [0.15, 0.2) is 167 Å². The molecule has 0 spiro atoms. The van der Waals surface area contributed by atoms with Gasteiger partial charge in [-0.25, -0.2) is 0 Å². The van der Waals surface area contributed by atoms with Gasteiger partial charge in [-0.1, -0.05) is 109 Å². The maximum atomic E-state index is 14.2. The van der Waals surface area contributed by atoms with E-state index in [1.54, 1.807) is 0 Å². The minimum absolute atomic E-state index is 0.0342. The van der Waals surface area contributed by atoms with Crippen molar-refractivity contribution in [2.75, 3.05) is 0 Å². The van der Waals surface area contributed by atoms with Crippen molar-refractivity contribution in [2.45, 2.75) is 0 Å². The van der Waals surface area contributed by atoms with Gasteiger partial charge in [0.25, 0.3) is 5.56 Å². The average molecular weight is 627 g/mol. The van der Waals surface area contributed by atoms with E-state index in [9.17, 15) is 4.79 Å². The van der Waals surface area contributed by atoms with Crippen LogP contribution in [0.4, 0.5) is 0 Å². The summed E-state index contributed by atoms with van der Waals surface area (Å²) in [5, 5.41) is 8.23. The van der Waals surface area contributed by atoms with Crippen molar-refractivity contribution in [3.8, 4) is 28.1 Å². The Morgan fingerprint density at radius 2 is 1.10 bits per heavy atom. The number of benzene rings is 7. The Morgan fingerprint density at radius 3 is 1.90 bits per heavy atom. The van der Waals surface area contributed by atoms with Gasteiger partial charge in [0.1, 0.15) is 11.3 Å². The zero-order chi connectivity index (χ0) is 32.2. The molecule has 4 heteroatoms. The quantitative estimate of drug-likeness (QED) is 0.196. The first kappa shape index (κ1) is 26.4. The normalized spacial score (nSPS) is 12.2. The van der Waals surface area contributed by atoms with Gasteiger partial charge in [-0.2, -0.15) is 0 Å². The van der Waals surface area contributed by atoms with E-state index in [2.05, 4.69) is 120 Å². The first-order chi connectivity index (χ1) is 24.2. The third kappa shape index (κ3) is 3.60. The molecule has 0 bridgehead atoms. The lowest BCUT2D eigenvalue weighted by atomic mass is 10.0. The number of hydrogen-bond donors (Lipinski definition) is 0. The molecule has 0 amide bonds. The SMILES string of the molecule is O=c1c2ccccc2c2oc(-c3ccccc3)c3c4cc(-n5c6ccc(-c7ccccc7)cc6c6cc7ccccc7cc65)ccc4n1c23. The number of rotatable bonds is 3. The smallest absolute Gasteiger partial charge is 0.263 e. The first-order valence-electron chi connectivity index (χ1n) is 16.6. The molecule has 4 heterocycles. The summed E-state index contributed by atoms with van der Waals surface area (Å²) in [6.45, 7) is 0. The van der Waals surface area contributed by atoms with Crippen molar-refractivity contribution in [3.63, 3.8) is 0 Å². The van der Waals surface area contributed by atoms with Gasteiger partial charge in [0.15, 0.2) is 5.58 Å². The second kappa shape index (κ2) is 9.69. The van der Waals surface area contributed by atoms with Gasteiger partial charge in [0.2, 0.25) is 0 Å². The van der Waals surface area contributed by atoms with Crippen LogP contribution in [-0.2, 0) is 0 Å². The van der Waals surface area contributed by atoms with Crippen molar-refractivity contribution in [3.05, 3.63) is 168 Å². The Morgan fingerprint density at radius 1 is 0.449 bits per heavy atom. The summed E-state index contributed by atoms with van der Waals surface area (Å²) in [6, 6.07) is 55.0. The molecule has 0 radical (unpaired) electrons. The van der Waals surface area contributed by atoms with Crippen LogP contribution in [0.3, 0.4) is 0 Å². The maximum absolute atomic E-state index is 14.2. The molecule has 0 saturated heterocycles. The van der Waals surface area contributed by atoms with Gasteiger partial charge in [-0.05, 0) is 70.4 Å². The van der Waals surface area contributed by atoms with Crippen LogP contribution in [0.25, 0.3) is 98.9 Å². The van der Waals surface area contributed by atoms with Gasteiger partial charge in [-0.15, -0.1) is 0 Å². The molecule has 11 aromatic rings. The minimum Gasteiger partial charge on any atom is -0.453 e. The van der Waals surface area contributed by atoms with Crippen LogP contribution >= 0.6 is 0 Å². The lowest BCUT2D eigenvalue weighted by Gasteiger charge is -2.10. The van der Waals surface area contributed by atoms with Gasteiger partial charge < -0.3 is 8.98 Å². The van der Waals surface area contributed by atoms with Crippen LogP contribution in [0.5, 0.6) is 0 Å². The molecule has 0 saturated carbocycles. The predicted molar refractivity (Wildman–Crippen MR) is 202 cm³/mol. The molecule has 4 nitrogen and oxygen atoms in total. The van der Waals surface area contributed by atoms with E-state index in [-0.39, 0.29) is 5.56 Å². The summed E-state index contributed by atoms with van der Waals surface area (Å²) in [6.07, 6.45) is 0. The Balaban J connectivity index is 1.27. The van der Waals surface area contributed by atoms with Crippen LogP contribution < -0.4 is 5.56 Å². The summed E-state index contributed by atoms with van der Waals surface area (Å²) in [5.74, 6) is 0.775. The van der Waals surface area contributed by atoms with E-state index in [4.69, 9.17) is 4.42 Å². The molecule has 7 aromatic carbocycles. The molecule has 0 fully saturated rings. The molecule has 0 aliphatic heterocycles. The van der Waals surface area contributed by atoms with E-state index >= 15 is 0 Å². The van der Waals surface area contributed by atoms with Gasteiger partial charge in [0.05, 0.1) is 27.3 Å². The molecule has 49 heavy (non-hydrogen) atoms. The zero-order valence-electron chi connectivity index (χ0n) is 26.2. The summed E-state index contributed by atoms with van der Waals surface area (Å²) < 4.78 is 11.0. The summed E-state index contributed by atoms with van der Waals surface area (Å²) in [7, 11) is 0. The lowest BCUT2D eigenvalue weighted by Crippen LogP contribution is -2.12. The van der Waals surface area contributed by atoms with E-state index in [0.717, 1.165) is 60.8 Å². The highest BCUT2D eigenvalue weighted by atomic mass is 16.3. The fourth-order valence-electron chi connectivity index (χ4n) is 8.03. The van der Waals surface area contributed by atoms with Gasteiger partial charge >= 0.3 is 0 Å². The Kier molecular flexibility index (Phi) is 5.23. The molecular formula is C45H26N2O2. The number of furan rings is 1. The third-order valence-electron chi connectivity index (χ3n) is 10.2. The predicted octanol–water partition coefficient (Wildman–Crippen LogP) is 11.4. The molecule has 11 rings (SSSR count). The molecule has 0 N–H and O–H groups in total. The monoisotopic (exact) mass is 626 g/mol. The van der Waals surface area contributed by atoms with Crippen LogP contribution in [-0.4, -0.2) is 8.97 Å². The highest BCUT2D eigenvalue weighted by molar-refractivity contribution is 6.23. The zero-order valence-corrected chi connectivity index (χ0v) is 26.2. The molecule has 4 aromatic heterocycles. The molecular weight excluding hydrogens is 601 g/mol. The minimum atomic E-state index is -0.0342. The average Bonchev–Trinajstić information content (AvgIpc) is 3.82. The van der Waals surface area contributed by atoms with Crippen molar-refractivity contribution in [1.29, 1.82) is 0 Å². The standard InChI is InChI=1S/C45H26N2O2/c48-45-34-18-10-9-17-33(34)44-42-41(43(49-44)28-13-5-2-6-14-28)37-26-32(20-22-39(37)47(42)45)46-38-21-19-31(27-11-3-1-4-12-27)24-35(38)36-23-29-15-7-8-16-30(29)25-40(36)46/h1-26H. The van der Waals surface area contributed by atoms with E-state index < -0.39 is 0 Å². The van der Waals surface area contributed by atoms with Gasteiger partial charge in [0, 0.05) is 32.8 Å². The van der Waals surface area contributed by atoms with Crippen molar-refractivity contribution >= 4 is 70.7 Å². The lowest BCUT2D eigenvalue weighted by molar-refractivity contribution is 0.637. The Bertz CT molecular complexity index is 3170. The molecule has 0 aliphatic rings. The Hall–Kier alpha value is -6.65.